The zero-order valence-corrected chi connectivity index (χ0v) is 16.5. The fourth-order valence-corrected chi connectivity index (χ4v) is 4.18. The van der Waals surface area contributed by atoms with Crippen LogP contribution >= 0.6 is 0 Å². The van der Waals surface area contributed by atoms with Gasteiger partial charge >= 0.3 is 5.97 Å². The maximum Gasteiger partial charge on any atom is 0.337 e. The topological polar surface area (TPSA) is 60.9 Å². The van der Waals surface area contributed by atoms with E-state index >= 15 is 0 Å². The first-order valence-corrected chi connectivity index (χ1v) is 9.84. The third kappa shape index (κ3) is 3.05. The summed E-state index contributed by atoms with van der Waals surface area (Å²) >= 11 is 0. The highest BCUT2D eigenvalue weighted by Gasteiger charge is 2.25. The number of rotatable bonds is 3. The SMILES string of the molecule is COC(=O)c1ccc2nc(-c3ccc4c(c3)OCO4)c(N3CCC[C@H]3C)cc2c1. The van der Waals surface area contributed by atoms with E-state index in [1.807, 2.05) is 30.3 Å². The lowest BCUT2D eigenvalue weighted by atomic mass is 10.0. The maximum absolute atomic E-state index is 12.0. The minimum Gasteiger partial charge on any atom is -0.465 e. The monoisotopic (exact) mass is 390 g/mol. The molecule has 6 nitrogen and oxygen atoms in total. The van der Waals surface area contributed by atoms with Crippen molar-refractivity contribution >= 4 is 22.6 Å². The van der Waals surface area contributed by atoms with E-state index in [0.29, 0.717) is 11.6 Å². The molecule has 0 bridgehead atoms. The zero-order valence-electron chi connectivity index (χ0n) is 16.5. The Hall–Kier alpha value is -3.28. The largest absolute Gasteiger partial charge is 0.465 e. The van der Waals surface area contributed by atoms with Crippen LogP contribution in [0.1, 0.15) is 30.1 Å². The van der Waals surface area contributed by atoms with Gasteiger partial charge in [0, 0.05) is 23.5 Å². The van der Waals surface area contributed by atoms with Gasteiger partial charge in [-0.15, -0.1) is 0 Å². The first-order chi connectivity index (χ1) is 14.1. The van der Waals surface area contributed by atoms with Crippen molar-refractivity contribution < 1.29 is 19.0 Å². The normalized spacial score (nSPS) is 17.7. The number of pyridine rings is 1. The molecule has 0 N–H and O–H groups in total. The van der Waals surface area contributed by atoms with Gasteiger partial charge in [-0.1, -0.05) is 0 Å². The summed E-state index contributed by atoms with van der Waals surface area (Å²) in [7, 11) is 1.39. The van der Waals surface area contributed by atoms with E-state index in [0.717, 1.165) is 58.7 Å². The van der Waals surface area contributed by atoms with Crippen molar-refractivity contribution in [3.63, 3.8) is 0 Å². The molecule has 1 atom stereocenters. The first-order valence-electron chi connectivity index (χ1n) is 9.84. The van der Waals surface area contributed by atoms with E-state index in [-0.39, 0.29) is 12.8 Å². The second-order valence-corrected chi connectivity index (χ2v) is 7.51. The Morgan fingerprint density at radius 2 is 2.00 bits per heavy atom. The second kappa shape index (κ2) is 6.95. The highest BCUT2D eigenvalue weighted by molar-refractivity contribution is 5.97. The summed E-state index contributed by atoms with van der Waals surface area (Å²) in [6, 6.07) is 14.0. The van der Waals surface area contributed by atoms with Gasteiger partial charge in [0.15, 0.2) is 11.5 Å². The zero-order chi connectivity index (χ0) is 20.0. The summed E-state index contributed by atoms with van der Waals surface area (Å²) in [4.78, 5) is 19.4. The predicted octanol–water partition coefficient (Wildman–Crippen LogP) is 4.41. The molecule has 0 spiro atoms. The van der Waals surface area contributed by atoms with E-state index in [4.69, 9.17) is 19.2 Å². The number of esters is 1. The molecule has 0 amide bonds. The van der Waals surface area contributed by atoms with Gasteiger partial charge in [-0.05, 0) is 62.2 Å². The highest BCUT2D eigenvalue weighted by atomic mass is 16.7. The van der Waals surface area contributed by atoms with E-state index in [2.05, 4.69) is 17.9 Å². The lowest BCUT2D eigenvalue weighted by molar-refractivity contribution is 0.0601. The van der Waals surface area contributed by atoms with Crippen LogP contribution in [0.15, 0.2) is 42.5 Å². The molecule has 1 fully saturated rings. The number of carbonyl (C=O) groups excluding carboxylic acids is 1. The number of aromatic nitrogens is 1. The predicted molar refractivity (Wildman–Crippen MR) is 111 cm³/mol. The summed E-state index contributed by atoms with van der Waals surface area (Å²) in [5.74, 6) is 1.15. The third-order valence-electron chi connectivity index (χ3n) is 5.72. The van der Waals surface area contributed by atoms with Crippen molar-refractivity contribution in [2.45, 2.75) is 25.8 Å². The van der Waals surface area contributed by atoms with Crippen LogP contribution in [0.5, 0.6) is 11.5 Å². The van der Waals surface area contributed by atoms with Crippen molar-refractivity contribution in [3.05, 3.63) is 48.0 Å². The van der Waals surface area contributed by atoms with Gasteiger partial charge in [-0.3, -0.25) is 0 Å². The Kier molecular flexibility index (Phi) is 4.27. The van der Waals surface area contributed by atoms with Crippen molar-refractivity contribution in [2.75, 3.05) is 25.3 Å². The Bertz CT molecular complexity index is 1110. The van der Waals surface area contributed by atoms with Crippen LogP contribution in [0.25, 0.3) is 22.2 Å². The van der Waals surface area contributed by atoms with Crippen LogP contribution in [-0.2, 0) is 4.74 Å². The quantitative estimate of drug-likeness (QED) is 0.618. The van der Waals surface area contributed by atoms with E-state index in [9.17, 15) is 4.79 Å². The number of fused-ring (bicyclic) bond motifs is 2. The van der Waals surface area contributed by atoms with Crippen molar-refractivity contribution in [1.29, 1.82) is 0 Å². The molecule has 29 heavy (non-hydrogen) atoms. The number of methoxy groups -OCH3 is 1. The Labute approximate surface area is 169 Å². The molecule has 0 saturated carbocycles. The number of hydrogen-bond donors (Lipinski definition) is 0. The van der Waals surface area contributed by atoms with Crippen molar-refractivity contribution in [2.24, 2.45) is 0 Å². The molecular formula is C23H22N2O4. The summed E-state index contributed by atoms with van der Waals surface area (Å²) in [5.41, 5.74) is 4.33. The lowest BCUT2D eigenvalue weighted by Crippen LogP contribution is -2.27. The smallest absolute Gasteiger partial charge is 0.337 e. The molecule has 0 unspecified atom stereocenters. The maximum atomic E-state index is 12.0. The van der Waals surface area contributed by atoms with Gasteiger partial charge in [0.1, 0.15) is 0 Å². The number of nitrogens with zero attached hydrogens (tertiary/aromatic N) is 2. The van der Waals surface area contributed by atoms with Crippen LogP contribution in [0.4, 0.5) is 5.69 Å². The Balaban J connectivity index is 1.69. The Morgan fingerprint density at radius 1 is 1.14 bits per heavy atom. The molecule has 0 aliphatic carbocycles. The van der Waals surface area contributed by atoms with E-state index < -0.39 is 0 Å². The van der Waals surface area contributed by atoms with Gasteiger partial charge in [-0.25, -0.2) is 9.78 Å². The number of carbonyl (C=O) groups is 1. The molecule has 2 aliphatic heterocycles. The van der Waals surface area contributed by atoms with E-state index in [1.54, 1.807) is 6.07 Å². The standard InChI is InChI=1S/C23H22N2O4/c1-14-4-3-9-25(14)19-11-17-10-16(23(26)27-2)5-7-18(17)24-22(19)15-6-8-20-21(12-15)29-13-28-20/h5-8,10-12,14H,3-4,9,13H2,1-2H3/t14-/m1/s1. The second-order valence-electron chi connectivity index (χ2n) is 7.51. The van der Waals surface area contributed by atoms with Gasteiger partial charge in [0.2, 0.25) is 6.79 Å². The average Bonchev–Trinajstić information content (AvgIpc) is 3.39. The molecule has 1 aromatic heterocycles. The number of hydrogen-bond acceptors (Lipinski definition) is 6. The third-order valence-corrected chi connectivity index (χ3v) is 5.72. The van der Waals surface area contributed by atoms with Crippen LogP contribution in [0, 0.1) is 0 Å². The van der Waals surface area contributed by atoms with Crippen LogP contribution < -0.4 is 14.4 Å². The van der Waals surface area contributed by atoms with Crippen LogP contribution in [-0.4, -0.2) is 37.4 Å². The van der Waals surface area contributed by atoms with Crippen LogP contribution in [0.3, 0.4) is 0 Å². The van der Waals surface area contributed by atoms with E-state index in [1.165, 1.54) is 7.11 Å². The molecule has 6 heteroatoms. The molecular weight excluding hydrogens is 368 g/mol. The first kappa shape index (κ1) is 17.8. The van der Waals surface area contributed by atoms with Gasteiger partial charge in [0.05, 0.1) is 29.6 Å². The molecule has 0 radical (unpaired) electrons. The summed E-state index contributed by atoms with van der Waals surface area (Å²) in [5, 5.41) is 0.923. The molecule has 1 saturated heterocycles. The minimum absolute atomic E-state index is 0.246. The van der Waals surface area contributed by atoms with Gasteiger partial charge in [0.25, 0.3) is 0 Å². The number of ether oxygens (including phenoxy) is 3. The molecule has 3 aromatic rings. The molecule has 2 aliphatic rings. The average molecular weight is 390 g/mol. The Morgan fingerprint density at radius 3 is 2.79 bits per heavy atom. The summed E-state index contributed by atoms with van der Waals surface area (Å²) < 4.78 is 15.9. The molecule has 5 rings (SSSR count). The molecule has 148 valence electrons. The van der Waals surface area contributed by atoms with Crippen LogP contribution in [0.2, 0.25) is 0 Å². The molecule has 2 aromatic carbocycles. The highest BCUT2D eigenvalue weighted by Crippen LogP contribution is 2.40. The fraction of sp³-hybridized carbons (Fsp3) is 0.304. The van der Waals surface area contributed by atoms with Gasteiger partial charge in [-0.2, -0.15) is 0 Å². The molecule has 3 heterocycles. The number of benzene rings is 2. The van der Waals surface area contributed by atoms with Gasteiger partial charge < -0.3 is 19.1 Å². The summed E-state index contributed by atoms with van der Waals surface area (Å²) in [6.45, 7) is 3.48. The van der Waals surface area contributed by atoms with Crippen molar-refractivity contribution in [1.82, 2.24) is 4.98 Å². The van der Waals surface area contributed by atoms with Crippen molar-refractivity contribution in [3.8, 4) is 22.8 Å². The lowest BCUT2D eigenvalue weighted by Gasteiger charge is -2.26. The minimum atomic E-state index is -0.345. The summed E-state index contributed by atoms with van der Waals surface area (Å²) in [6.07, 6.45) is 2.31. The number of anilines is 1. The fourth-order valence-electron chi connectivity index (χ4n) is 4.18.